The van der Waals surface area contributed by atoms with Crippen molar-refractivity contribution in [3.05, 3.63) is 46.3 Å². The van der Waals surface area contributed by atoms with Crippen LogP contribution in [0.1, 0.15) is 27.2 Å². The standard InChI is InChI=1S/C15H11NOS/c16-8-7-13(17)14-9-11-6-5-10-3-1-2-4-12(10)15(11)18-14/h1-4,9H,5-7H2. The largest absolute Gasteiger partial charge is 0.292 e. The fourth-order valence-corrected chi connectivity index (χ4v) is 3.58. The van der Waals surface area contributed by atoms with E-state index < -0.39 is 0 Å². The predicted molar refractivity (Wildman–Crippen MR) is 71.7 cm³/mol. The molecule has 0 amide bonds. The Bertz CT molecular complexity index is 663. The maximum absolute atomic E-state index is 11.8. The van der Waals surface area contributed by atoms with E-state index in [1.165, 1.54) is 32.9 Å². The number of carbonyl (C=O) groups is 1. The van der Waals surface area contributed by atoms with Crippen LogP contribution < -0.4 is 0 Å². The van der Waals surface area contributed by atoms with Gasteiger partial charge in [-0.1, -0.05) is 24.3 Å². The Balaban J connectivity index is 2.07. The molecule has 0 fully saturated rings. The van der Waals surface area contributed by atoms with E-state index in [4.69, 9.17) is 5.26 Å². The summed E-state index contributed by atoms with van der Waals surface area (Å²) >= 11 is 1.53. The van der Waals surface area contributed by atoms with Gasteiger partial charge in [0, 0.05) is 4.88 Å². The summed E-state index contributed by atoms with van der Waals surface area (Å²) in [6.07, 6.45) is 2.00. The SMILES string of the molecule is N#CCC(=O)c1cc2c(s1)-c1ccccc1CC2. The molecule has 0 spiro atoms. The van der Waals surface area contributed by atoms with E-state index in [1.54, 1.807) is 0 Å². The molecule has 2 aromatic rings. The van der Waals surface area contributed by atoms with Gasteiger partial charge in [-0.3, -0.25) is 4.79 Å². The van der Waals surface area contributed by atoms with Crippen molar-refractivity contribution in [1.82, 2.24) is 0 Å². The van der Waals surface area contributed by atoms with Crippen LogP contribution in [0.4, 0.5) is 0 Å². The summed E-state index contributed by atoms with van der Waals surface area (Å²) < 4.78 is 0. The number of ketones is 1. The minimum absolute atomic E-state index is 0.0267. The molecule has 0 bridgehead atoms. The number of fused-ring (bicyclic) bond motifs is 3. The van der Waals surface area contributed by atoms with Crippen LogP contribution in [0.2, 0.25) is 0 Å². The Morgan fingerprint density at radius 2 is 2.06 bits per heavy atom. The lowest BCUT2D eigenvalue weighted by molar-refractivity contribution is 0.100. The Morgan fingerprint density at radius 3 is 2.89 bits per heavy atom. The van der Waals surface area contributed by atoms with Gasteiger partial charge < -0.3 is 0 Å². The van der Waals surface area contributed by atoms with Gasteiger partial charge in [-0.2, -0.15) is 5.26 Å². The molecule has 1 aromatic heterocycles. The van der Waals surface area contributed by atoms with E-state index in [-0.39, 0.29) is 12.2 Å². The van der Waals surface area contributed by atoms with E-state index in [1.807, 2.05) is 18.2 Å². The first kappa shape index (κ1) is 11.2. The second kappa shape index (κ2) is 4.40. The Labute approximate surface area is 110 Å². The van der Waals surface area contributed by atoms with Crippen molar-refractivity contribution in [3.8, 4) is 16.5 Å². The Kier molecular flexibility index (Phi) is 2.73. The molecule has 1 aromatic carbocycles. The van der Waals surface area contributed by atoms with E-state index in [9.17, 15) is 4.79 Å². The molecular weight excluding hydrogens is 242 g/mol. The molecule has 0 atom stereocenters. The number of carbonyl (C=O) groups excluding carboxylic acids is 1. The zero-order chi connectivity index (χ0) is 12.5. The first-order valence-electron chi connectivity index (χ1n) is 5.90. The zero-order valence-corrected chi connectivity index (χ0v) is 10.6. The highest BCUT2D eigenvalue weighted by atomic mass is 32.1. The molecule has 3 rings (SSSR count). The van der Waals surface area contributed by atoms with Gasteiger partial charge in [0.15, 0.2) is 5.78 Å². The molecule has 2 nitrogen and oxygen atoms in total. The minimum Gasteiger partial charge on any atom is -0.292 e. The molecule has 0 saturated carbocycles. The summed E-state index contributed by atoms with van der Waals surface area (Å²) in [5, 5.41) is 8.59. The highest BCUT2D eigenvalue weighted by molar-refractivity contribution is 7.17. The smallest absolute Gasteiger partial charge is 0.186 e. The molecule has 0 radical (unpaired) electrons. The number of thiophene rings is 1. The number of aryl methyl sites for hydroxylation is 2. The number of hydrogen-bond acceptors (Lipinski definition) is 3. The van der Waals surface area contributed by atoms with Crippen molar-refractivity contribution in [2.75, 3.05) is 0 Å². The lowest BCUT2D eigenvalue weighted by Gasteiger charge is -2.15. The van der Waals surface area contributed by atoms with Crippen molar-refractivity contribution >= 4 is 17.1 Å². The zero-order valence-electron chi connectivity index (χ0n) is 9.77. The van der Waals surface area contributed by atoms with Gasteiger partial charge in [-0.25, -0.2) is 0 Å². The van der Waals surface area contributed by atoms with Gasteiger partial charge in [0.2, 0.25) is 0 Å². The van der Waals surface area contributed by atoms with Gasteiger partial charge in [0.05, 0.1) is 17.4 Å². The van der Waals surface area contributed by atoms with Crippen LogP contribution in [0.25, 0.3) is 10.4 Å². The van der Waals surface area contributed by atoms with Crippen LogP contribution in [-0.2, 0) is 12.8 Å². The molecule has 1 aliphatic rings. The molecule has 1 heterocycles. The van der Waals surface area contributed by atoms with Crippen LogP contribution in [0, 0.1) is 11.3 Å². The quantitative estimate of drug-likeness (QED) is 0.767. The highest BCUT2D eigenvalue weighted by Crippen LogP contribution is 2.39. The van der Waals surface area contributed by atoms with Crippen molar-refractivity contribution in [1.29, 1.82) is 5.26 Å². The normalized spacial score (nSPS) is 12.4. The van der Waals surface area contributed by atoms with Crippen LogP contribution in [-0.4, -0.2) is 5.78 Å². The number of hydrogen-bond donors (Lipinski definition) is 0. The van der Waals surface area contributed by atoms with E-state index >= 15 is 0 Å². The van der Waals surface area contributed by atoms with Crippen LogP contribution in [0.15, 0.2) is 30.3 Å². The highest BCUT2D eigenvalue weighted by Gasteiger charge is 2.20. The summed E-state index contributed by atoms with van der Waals surface area (Å²) in [5.41, 5.74) is 3.85. The van der Waals surface area contributed by atoms with E-state index in [0.717, 1.165) is 17.7 Å². The molecule has 3 heteroatoms. The second-order valence-corrected chi connectivity index (χ2v) is 5.43. The molecular formula is C15H11NOS. The lowest BCUT2D eigenvalue weighted by atomic mass is 9.91. The number of nitriles is 1. The molecule has 18 heavy (non-hydrogen) atoms. The first-order valence-corrected chi connectivity index (χ1v) is 6.72. The van der Waals surface area contributed by atoms with Crippen molar-refractivity contribution < 1.29 is 4.79 Å². The fourth-order valence-electron chi connectivity index (χ4n) is 2.37. The van der Waals surface area contributed by atoms with Crippen molar-refractivity contribution in [2.24, 2.45) is 0 Å². The van der Waals surface area contributed by atoms with Crippen LogP contribution in [0.3, 0.4) is 0 Å². The molecule has 1 aliphatic carbocycles. The summed E-state index contributed by atoms with van der Waals surface area (Å²) in [5.74, 6) is -0.0608. The summed E-state index contributed by atoms with van der Waals surface area (Å²) in [7, 11) is 0. The molecule has 0 aliphatic heterocycles. The molecule has 0 N–H and O–H groups in total. The average Bonchev–Trinajstić information content (AvgIpc) is 2.83. The van der Waals surface area contributed by atoms with Gasteiger partial charge in [0.25, 0.3) is 0 Å². The fraction of sp³-hybridized carbons (Fsp3) is 0.200. The number of nitrogens with zero attached hydrogens (tertiary/aromatic N) is 1. The van der Waals surface area contributed by atoms with Gasteiger partial charge in [-0.05, 0) is 35.6 Å². The third-order valence-corrected chi connectivity index (χ3v) is 4.50. The van der Waals surface area contributed by atoms with E-state index in [0.29, 0.717) is 0 Å². The van der Waals surface area contributed by atoms with Crippen molar-refractivity contribution in [3.63, 3.8) is 0 Å². The molecule has 0 saturated heterocycles. The second-order valence-electron chi connectivity index (χ2n) is 4.38. The Hall–Kier alpha value is -1.92. The average molecular weight is 253 g/mol. The Morgan fingerprint density at radius 1 is 1.28 bits per heavy atom. The molecule has 88 valence electrons. The van der Waals surface area contributed by atoms with E-state index in [2.05, 4.69) is 18.2 Å². The van der Waals surface area contributed by atoms with Crippen LogP contribution in [0.5, 0.6) is 0 Å². The third-order valence-electron chi connectivity index (χ3n) is 3.25. The summed E-state index contributed by atoms with van der Waals surface area (Å²) in [4.78, 5) is 13.7. The maximum Gasteiger partial charge on any atom is 0.186 e. The van der Waals surface area contributed by atoms with Crippen molar-refractivity contribution in [2.45, 2.75) is 19.3 Å². The minimum atomic E-state index is -0.0608. The lowest BCUT2D eigenvalue weighted by Crippen LogP contribution is -2.00. The van der Waals surface area contributed by atoms with Gasteiger partial charge in [-0.15, -0.1) is 11.3 Å². The summed E-state index contributed by atoms with van der Waals surface area (Å²) in [6.45, 7) is 0. The first-order chi connectivity index (χ1) is 8.79. The number of benzene rings is 1. The maximum atomic E-state index is 11.8. The van der Waals surface area contributed by atoms with Gasteiger partial charge >= 0.3 is 0 Å². The van der Waals surface area contributed by atoms with Crippen LogP contribution >= 0.6 is 11.3 Å². The number of rotatable bonds is 2. The monoisotopic (exact) mass is 253 g/mol. The van der Waals surface area contributed by atoms with Gasteiger partial charge in [0.1, 0.15) is 0 Å². The summed E-state index contributed by atoms with van der Waals surface area (Å²) in [6, 6.07) is 12.2. The number of Topliss-reactive ketones (excluding diaryl/α,β-unsaturated/α-hetero) is 1. The third kappa shape index (κ3) is 1.75. The molecule has 0 unspecified atom stereocenters. The predicted octanol–water partition coefficient (Wildman–Crippen LogP) is 3.61. The topological polar surface area (TPSA) is 40.9 Å².